The molecule has 1 saturated heterocycles. The number of amides is 1. The van der Waals surface area contributed by atoms with E-state index in [2.05, 4.69) is 16.2 Å². The first-order valence-corrected chi connectivity index (χ1v) is 7.68. The first kappa shape index (κ1) is 17.5. The van der Waals surface area contributed by atoms with Gasteiger partial charge in [0.05, 0.1) is 11.4 Å². The van der Waals surface area contributed by atoms with Crippen LogP contribution in [0.5, 0.6) is 5.75 Å². The Balaban J connectivity index is 2.06. The lowest BCUT2D eigenvalue weighted by molar-refractivity contribution is -0.143. The zero-order chi connectivity index (χ0) is 17.1. The van der Waals surface area contributed by atoms with Crippen molar-refractivity contribution >= 4 is 23.5 Å². The molecule has 1 aromatic rings. The summed E-state index contributed by atoms with van der Waals surface area (Å²) in [6.45, 7) is 3.73. The number of hydrazine groups is 1. The van der Waals surface area contributed by atoms with E-state index in [0.29, 0.717) is 5.56 Å². The van der Waals surface area contributed by atoms with Crippen LogP contribution < -0.4 is 16.2 Å². The lowest BCUT2D eigenvalue weighted by Gasteiger charge is -2.26. The van der Waals surface area contributed by atoms with Crippen molar-refractivity contribution in [2.24, 2.45) is 5.92 Å². The summed E-state index contributed by atoms with van der Waals surface area (Å²) in [4.78, 5) is 23.7. The Morgan fingerprint density at radius 1 is 1.30 bits per heavy atom. The third-order valence-corrected chi connectivity index (χ3v) is 4.34. The van der Waals surface area contributed by atoms with Gasteiger partial charge in [-0.15, -0.1) is 0 Å². The zero-order valence-electron chi connectivity index (χ0n) is 12.8. The van der Waals surface area contributed by atoms with Crippen LogP contribution in [0.3, 0.4) is 0 Å². The molecule has 1 heterocycles. The van der Waals surface area contributed by atoms with Gasteiger partial charge in [-0.3, -0.25) is 15.6 Å². The topological polar surface area (TPSA) is 111 Å². The quantitative estimate of drug-likeness (QED) is 0.538. The van der Waals surface area contributed by atoms with Gasteiger partial charge >= 0.3 is 5.97 Å². The van der Waals surface area contributed by atoms with Crippen LogP contribution in [0, 0.1) is 5.92 Å². The van der Waals surface area contributed by atoms with E-state index >= 15 is 0 Å². The Morgan fingerprint density at radius 3 is 2.43 bits per heavy atom. The van der Waals surface area contributed by atoms with E-state index in [9.17, 15) is 19.8 Å². The number of aliphatic carboxylic acids is 1. The van der Waals surface area contributed by atoms with E-state index in [1.807, 2.05) is 13.8 Å². The first-order chi connectivity index (χ1) is 10.8. The van der Waals surface area contributed by atoms with Crippen LogP contribution in [0.4, 0.5) is 0 Å². The maximum absolute atomic E-state index is 12.2. The molecule has 0 saturated carbocycles. The molecule has 0 spiro atoms. The van der Waals surface area contributed by atoms with Gasteiger partial charge < -0.3 is 15.5 Å². The predicted molar refractivity (Wildman–Crippen MR) is 85.1 cm³/mol. The fourth-order valence-electron chi connectivity index (χ4n) is 2.86. The average molecular weight is 342 g/mol. The monoisotopic (exact) mass is 341 g/mol. The molecule has 1 aliphatic rings. The summed E-state index contributed by atoms with van der Waals surface area (Å²) in [5.41, 5.74) is 6.56. The Kier molecular flexibility index (Phi) is 5.46. The molecule has 3 unspecified atom stereocenters. The number of carbonyl (C=O) groups is 2. The third-order valence-electron chi connectivity index (χ3n) is 4.04. The number of phenolic OH excluding ortho intramolecular Hbond substituents is 1. The number of phenols is 1. The molecular formula is C15H20ClN3O4. The number of rotatable bonds is 5. The summed E-state index contributed by atoms with van der Waals surface area (Å²) in [5, 5.41) is 21.5. The van der Waals surface area contributed by atoms with Gasteiger partial charge in [0.1, 0.15) is 11.8 Å². The lowest BCUT2D eigenvalue weighted by atomic mass is 9.88. The van der Waals surface area contributed by atoms with Gasteiger partial charge in [0.25, 0.3) is 0 Å². The summed E-state index contributed by atoms with van der Waals surface area (Å²) >= 11 is 5.80. The van der Waals surface area contributed by atoms with Crippen molar-refractivity contribution in [1.82, 2.24) is 16.2 Å². The predicted octanol–water partition coefficient (Wildman–Crippen LogP) is 0.659. The number of aromatic hydroxyl groups is 1. The second-order valence-corrected chi connectivity index (χ2v) is 6.20. The molecule has 1 fully saturated rings. The highest BCUT2D eigenvalue weighted by atomic mass is 35.5. The SMILES string of the molecule is CC1NNC(C)C1C(NC(=O)Cc1ccc(O)c(Cl)c1)C(=O)O. The molecular weight excluding hydrogens is 322 g/mol. The largest absolute Gasteiger partial charge is 0.506 e. The summed E-state index contributed by atoms with van der Waals surface area (Å²) in [6, 6.07) is 3.28. The molecule has 23 heavy (non-hydrogen) atoms. The van der Waals surface area contributed by atoms with E-state index in [1.54, 1.807) is 6.07 Å². The smallest absolute Gasteiger partial charge is 0.326 e. The Bertz CT molecular complexity index is 600. The molecule has 0 bridgehead atoms. The van der Waals surface area contributed by atoms with Crippen molar-refractivity contribution in [3.8, 4) is 5.75 Å². The van der Waals surface area contributed by atoms with E-state index in [1.165, 1.54) is 12.1 Å². The van der Waals surface area contributed by atoms with E-state index in [0.717, 1.165) is 0 Å². The molecule has 5 N–H and O–H groups in total. The van der Waals surface area contributed by atoms with Gasteiger partial charge in [-0.25, -0.2) is 4.79 Å². The molecule has 1 aromatic carbocycles. The maximum atomic E-state index is 12.2. The molecule has 7 nitrogen and oxygen atoms in total. The normalized spacial score (nSPS) is 25.1. The number of halogens is 1. The van der Waals surface area contributed by atoms with Crippen LogP contribution in [0.1, 0.15) is 19.4 Å². The average Bonchev–Trinajstić information content (AvgIpc) is 2.79. The number of benzene rings is 1. The Labute approximate surface area is 139 Å². The number of nitrogens with one attached hydrogen (secondary N) is 3. The van der Waals surface area contributed by atoms with Crippen LogP contribution in [-0.4, -0.2) is 40.2 Å². The summed E-state index contributed by atoms with van der Waals surface area (Å²) in [5.74, 6) is -1.83. The fourth-order valence-corrected chi connectivity index (χ4v) is 3.06. The minimum atomic E-state index is -1.07. The van der Waals surface area contributed by atoms with E-state index < -0.39 is 17.9 Å². The number of hydrogen-bond acceptors (Lipinski definition) is 5. The first-order valence-electron chi connectivity index (χ1n) is 7.30. The third kappa shape index (κ3) is 4.13. The lowest BCUT2D eigenvalue weighted by Crippen LogP contribution is -2.51. The van der Waals surface area contributed by atoms with Gasteiger partial charge in [0.2, 0.25) is 5.91 Å². The van der Waals surface area contributed by atoms with E-state index in [-0.39, 0.29) is 35.2 Å². The Morgan fingerprint density at radius 2 is 1.91 bits per heavy atom. The van der Waals surface area contributed by atoms with Crippen LogP contribution >= 0.6 is 11.6 Å². The highest BCUT2D eigenvalue weighted by Gasteiger charge is 2.40. The van der Waals surface area contributed by atoms with E-state index in [4.69, 9.17) is 11.6 Å². The summed E-state index contributed by atoms with van der Waals surface area (Å²) < 4.78 is 0. The molecule has 2 rings (SSSR count). The second-order valence-electron chi connectivity index (χ2n) is 5.79. The number of hydrogen-bond donors (Lipinski definition) is 5. The van der Waals surface area contributed by atoms with Gasteiger partial charge in [0, 0.05) is 18.0 Å². The van der Waals surface area contributed by atoms with Crippen LogP contribution in [0.25, 0.3) is 0 Å². The molecule has 8 heteroatoms. The number of carboxylic acid groups (broad SMARTS) is 1. The second kappa shape index (κ2) is 7.16. The number of carbonyl (C=O) groups excluding carboxylic acids is 1. The molecule has 0 aliphatic carbocycles. The van der Waals surface area contributed by atoms with Crippen molar-refractivity contribution in [2.75, 3.05) is 0 Å². The summed E-state index contributed by atoms with van der Waals surface area (Å²) in [7, 11) is 0. The van der Waals surface area contributed by atoms with Crippen LogP contribution in [0.15, 0.2) is 18.2 Å². The fraction of sp³-hybridized carbons (Fsp3) is 0.467. The minimum Gasteiger partial charge on any atom is -0.506 e. The molecule has 0 aromatic heterocycles. The van der Waals surface area contributed by atoms with Crippen molar-refractivity contribution in [2.45, 2.75) is 38.4 Å². The highest BCUT2D eigenvalue weighted by molar-refractivity contribution is 6.32. The molecule has 0 radical (unpaired) electrons. The molecule has 1 aliphatic heterocycles. The van der Waals surface area contributed by atoms with Crippen molar-refractivity contribution < 1.29 is 19.8 Å². The van der Waals surface area contributed by atoms with Crippen LogP contribution in [0.2, 0.25) is 5.02 Å². The standard InChI is InChI=1S/C15H20ClN3O4/c1-7-13(8(2)19-18-7)14(15(22)23)17-12(21)6-9-3-4-11(20)10(16)5-9/h3-5,7-8,13-14,18-20H,6H2,1-2H3,(H,17,21)(H,22,23). The number of carboxylic acids is 1. The van der Waals surface area contributed by atoms with Crippen molar-refractivity contribution in [3.63, 3.8) is 0 Å². The minimum absolute atomic E-state index is 0.0138. The maximum Gasteiger partial charge on any atom is 0.326 e. The van der Waals surface area contributed by atoms with Gasteiger partial charge in [-0.05, 0) is 31.5 Å². The molecule has 3 atom stereocenters. The van der Waals surface area contributed by atoms with Gasteiger partial charge in [-0.2, -0.15) is 0 Å². The Hall–Kier alpha value is -1.83. The zero-order valence-corrected chi connectivity index (χ0v) is 13.6. The summed E-state index contributed by atoms with van der Waals surface area (Å²) in [6.07, 6.45) is -0.0138. The van der Waals surface area contributed by atoms with Crippen LogP contribution in [-0.2, 0) is 16.0 Å². The van der Waals surface area contributed by atoms with Crippen molar-refractivity contribution in [1.29, 1.82) is 0 Å². The van der Waals surface area contributed by atoms with Gasteiger partial charge in [0.15, 0.2) is 0 Å². The molecule has 1 amide bonds. The highest BCUT2D eigenvalue weighted by Crippen LogP contribution is 2.24. The van der Waals surface area contributed by atoms with Gasteiger partial charge in [-0.1, -0.05) is 17.7 Å². The molecule has 126 valence electrons. The van der Waals surface area contributed by atoms with Crippen molar-refractivity contribution in [3.05, 3.63) is 28.8 Å².